The van der Waals surface area contributed by atoms with E-state index in [4.69, 9.17) is 0 Å². The maximum absolute atomic E-state index is 11.7. The van der Waals surface area contributed by atoms with Gasteiger partial charge in [-0.05, 0) is 45.6 Å². The Hall–Kier alpha value is -1.42. The molecule has 4 heteroatoms. The lowest BCUT2D eigenvalue weighted by Crippen LogP contribution is -2.37. The molecule has 0 bridgehead atoms. The van der Waals surface area contributed by atoms with Gasteiger partial charge in [0.1, 0.15) is 5.82 Å². The lowest BCUT2D eigenvalue weighted by Gasteiger charge is -2.18. The Balaban J connectivity index is 2.66. The zero-order chi connectivity index (χ0) is 11.4. The summed E-state index contributed by atoms with van der Waals surface area (Å²) in [5.41, 5.74) is 1.08. The first-order valence-electron chi connectivity index (χ1n) is 4.90. The number of nitrogens with zero attached hydrogens (tertiary/aromatic N) is 2. The zero-order valence-corrected chi connectivity index (χ0v) is 9.61. The number of aromatic nitrogens is 1. The molecule has 0 saturated heterocycles. The molecule has 0 spiro atoms. The first-order chi connectivity index (χ1) is 7.00. The van der Waals surface area contributed by atoms with Crippen LogP contribution in [0.3, 0.4) is 0 Å². The number of hydrogen-bond donors (Lipinski definition) is 1. The van der Waals surface area contributed by atoms with Crippen LogP contribution in [0.25, 0.3) is 0 Å². The van der Waals surface area contributed by atoms with E-state index in [1.54, 1.807) is 6.20 Å². The molecule has 0 aromatic carbocycles. The van der Waals surface area contributed by atoms with Crippen molar-refractivity contribution in [1.82, 2.24) is 9.88 Å². The van der Waals surface area contributed by atoms with Crippen LogP contribution in [-0.4, -0.2) is 35.9 Å². The van der Waals surface area contributed by atoms with E-state index in [0.717, 1.165) is 5.56 Å². The van der Waals surface area contributed by atoms with Crippen molar-refractivity contribution < 1.29 is 4.79 Å². The van der Waals surface area contributed by atoms with E-state index in [2.05, 4.69) is 10.3 Å². The second kappa shape index (κ2) is 4.89. The third-order valence-electron chi connectivity index (χ3n) is 2.32. The molecule has 1 rings (SSSR count). The molecule has 0 aliphatic heterocycles. The topological polar surface area (TPSA) is 45.2 Å². The minimum absolute atomic E-state index is 0.0434. The average molecular weight is 207 g/mol. The minimum Gasteiger partial charge on any atom is -0.309 e. The smallest absolute Gasteiger partial charge is 0.242 e. The van der Waals surface area contributed by atoms with Gasteiger partial charge in [-0.3, -0.25) is 9.69 Å². The predicted octanol–water partition coefficient (Wildman–Crippen LogP) is 1.28. The highest BCUT2D eigenvalue weighted by Crippen LogP contribution is 2.06. The number of carbonyl (C=O) groups excluding carboxylic acids is 1. The van der Waals surface area contributed by atoms with E-state index in [0.29, 0.717) is 5.82 Å². The van der Waals surface area contributed by atoms with Gasteiger partial charge in [-0.1, -0.05) is 0 Å². The number of anilines is 1. The molecule has 82 valence electrons. The molecule has 0 aliphatic carbocycles. The van der Waals surface area contributed by atoms with E-state index in [9.17, 15) is 4.79 Å². The SMILES string of the molecule is Cc1ccnc(NC(=O)C(C)N(C)C)c1. The fourth-order valence-electron chi connectivity index (χ4n) is 1.07. The number of amides is 1. The molecule has 0 aliphatic rings. The molecule has 1 amide bonds. The molecule has 4 nitrogen and oxygen atoms in total. The van der Waals surface area contributed by atoms with Gasteiger partial charge in [-0.2, -0.15) is 0 Å². The lowest BCUT2D eigenvalue weighted by atomic mass is 10.2. The first-order valence-corrected chi connectivity index (χ1v) is 4.90. The van der Waals surface area contributed by atoms with Crippen molar-refractivity contribution in [3.8, 4) is 0 Å². The maximum atomic E-state index is 11.7. The van der Waals surface area contributed by atoms with Gasteiger partial charge < -0.3 is 5.32 Å². The van der Waals surface area contributed by atoms with E-state index in [1.807, 2.05) is 45.0 Å². The summed E-state index contributed by atoms with van der Waals surface area (Å²) in [5.74, 6) is 0.562. The molecule has 1 N–H and O–H groups in total. The van der Waals surface area contributed by atoms with Crippen molar-refractivity contribution in [2.24, 2.45) is 0 Å². The molecule has 1 atom stereocenters. The van der Waals surface area contributed by atoms with Crippen LogP contribution in [0, 0.1) is 6.92 Å². The summed E-state index contributed by atoms with van der Waals surface area (Å²) in [6, 6.07) is 3.58. The molecule has 1 aromatic rings. The number of hydrogen-bond acceptors (Lipinski definition) is 3. The summed E-state index contributed by atoms with van der Waals surface area (Å²) in [5, 5.41) is 2.77. The van der Waals surface area contributed by atoms with Crippen LogP contribution in [0.1, 0.15) is 12.5 Å². The summed E-state index contributed by atoms with van der Waals surface area (Å²) >= 11 is 0. The predicted molar refractivity (Wildman–Crippen MR) is 60.8 cm³/mol. The van der Waals surface area contributed by atoms with Gasteiger partial charge in [-0.15, -0.1) is 0 Å². The molecule has 1 unspecified atom stereocenters. The molecule has 0 radical (unpaired) electrons. The molecule has 15 heavy (non-hydrogen) atoms. The fraction of sp³-hybridized carbons (Fsp3) is 0.455. The van der Waals surface area contributed by atoms with Gasteiger partial charge in [0.2, 0.25) is 5.91 Å². The highest BCUT2D eigenvalue weighted by Gasteiger charge is 2.14. The number of aryl methyl sites for hydroxylation is 1. The highest BCUT2D eigenvalue weighted by molar-refractivity contribution is 5.93. The molecule has 0 fully saturated rings. The zero-order valence-electron chi connectivity index (χ0n) is 9.61. The maximum Gasteiger partial charge on any atom is 0.242 e. The monoisotopic (exact) mass is 207 g/mol. The van der Waals surface area contributed by atoms with Crippen LogP contribution in [0.4, 0.5) is 5.82 Å². The van der Waals surface area contributed by atoms with Crippen LogP contribution in [-0.2, 0) is 4.79 Å². The Morgan fingerprint density at radius 3 is 2.73 bits per heavy atom. The van der Waals surface area contributed by atoms with Crippen molar-refractivity contribution in [2.75, 3.05) is 19.4 Å². The Kier molecular flexibility index (Phi) is 3.80. The normalized spacial score (nSPS) is 12.6. The lowest BCUT2D eigenvalue weighted by molar-refractivity contribution is -0.119. The van der Waals surface area contributed by atoms with E-state index in [-0.39, 0.29) is 11.9 Å². The van der Waals surface area contributed by atoms with E-state index in [1.165, 1.54) is 0 Å². The van der Waals surface area contributed by atoms with Crippen molar-refractivity contribution in [3.63, 3.8) is 0 Å². The number of pyridine rings is 1. The first kappa shape index (κ1) is 11.7. The number of rotatable bonds is 3. The second-order valence-corrected chi connectivity index (χ2v) is 3.85. The van der Waals surface area contributed by atoms with Gasteiger partial charge in [-0.25, -0.2) is 4.98 Å². The number of nitrogens with one attached hydrogen (secondary N) is 1. The molecule has 1 heterocycles. The van der Waals surface area contributed by atoms with E-state index < -0.39 is 0 Å². The van der Waals surface area contributed by atoms with Gasteiger partial charge >= 0.3 is 0 Å². The molecular formula is C11H17N3O. The van der Waals surface area contributed by atoms with Crippen molar-refractivity contribution in [1.29, 1.82) is 0 Å². The van der Waals surface area contributed by atoms with Crippen molar-refractivity contribution in [2.45, 2.75) is 19.9 Å². The molecule has 0 saturated carbocycles. The average Bonchev–Trinajstić information content (AvgIpc) is 2.16. The minimum atomic E-state index is -0.160. The van der Waals surface area contributed by atoms with Gasteiger partial charge in [0.15, 0.2) is 0 Å². The standard InChI is InChI=1S/C11H17N3O/c1-8-5-6-12-10(7-8)13-11(15)9(2)14(3)4/h5-7,9H,1-4H3,(H,12,13,15). The summed E-state index contributed by atoms with van der Waals surface area (Å²) in [7, 11) is 3.74. The third-order valence-corrected chi connectivity index (χ3v) is 2.32. The molecular weight excluding hydrogens is 190 g/mol. The molecule has 1 aromatic heterocycles. The van der Waals surface area contributed by atoms with Gasteiger partial charge in [0.05, 0.1) is 6.04 Å². The largest absolute Gasteiger partial charge is 0.309 e. The van der Waals surface area contributed by atoms with Gasteiger partial charge in [0.25, 0.3) is 0 Å². The Bertz CT molecular complexity index is 349. The van der Waals surface area contributed by atoms with Crippen molar-refractivity contribution >= 4 is 11.7 Å². The van der Waals surface area contributed by atoms with Crippen LogP contribution in [0.15, 0.2) is 18.3 Å². The quantitative estimate of drug-likeness (QED) is 0.812. The second-order valence-electron chi connectivity index (χ2n) is 3.85. The Labute approximate surface area is 90.3 Å². The number of carbonyl (C=O) groups is 1. The highest BCUT2D eigenvalue weighted by atomic mass is 16.2. The van der Waals surface area contributed by atoms with Crippen LogP contribution in [0.5, 0.6) is 0 Å². The fourth-order valence-corrected chi connectivity index (χ4v) is 1.07. The van der Waals surface area contributed by atoms with Crippen molar-refractivity contribution in [3.05, 3.63) is 23.9 Å². The Morgan fingerprint density at radius 2 is 2.20 bits per heavy atom. The van der Waals surface area contributed by atoms with E-state index >= 15 is 0 Å². The third kappa shape index (κ3) is 3.32. The van der Waals surface area contributed by atoms with Crippen LogP contribution < -0.4 is 5.32 Å². The van der Waals surface area contributed by atoms with Crippen LogP contribution >= 0.6 is 0 Å². The van der Waals surface area contributed by atoms with Crippen LogP contribution in [0.2, 0.25) is 0 Å². The summed E-state index contributed by atoms with van der Waals surface area (Å²) in [4.78, 5) is 17.6. The van der Waals surface area contributed by atoms with Gasteiger partial charge in [0, 0.05) is 6.20 Å². The number of likely N-dealkylation sites (N-methyl/N-ethyl adjacent to an activating group) is 1. The summed E-state index contributed by atoms with van der Waals surface area (Å²) < 4.78 is 0. The Morgan fingerprint density at radius 1 is 1.53 bits per heavy atom. The summed E-state index contributed by atoms with van der Waals surface area (Å²) in [6.45, 7) is 3.82. The summed E-state index contributed by atoms with van der Waals surface area (Å²) in [6.07, 6.45) is 1.69.